The van der Waals surface area contributed by atoms with E-state index in [0.29, 0.717) is 24.3 Å². The molecule has 1 aromatic heterocycles. The van der Waals surface area contributed by atoms with Crippen molar-refractivity contribution >= 4 is 0 Å². The molecule has 1 saturated heterocycles. The van der Waals surface area contributed by atoms with Crippen molar-refractivity contribution in [3.8, 4) is 11.4 Å². The fourth-order valence-electron chi connectivity index (χ4n) is 2.50. The number of nitrogens with zero attached hydrogens (tertiary/aromatic N) is 3. The molecule has 1 aromatic carbocycles. The fourth-order valence-corrected chi connectivity index (χ4v) is 2.50. The van der Waals surface area contributed by atoms with E-state index in [4.69, 9.17) is 9.26 Å². The summed E-state index contributed by atoms with van der Waals surface area (Å²) in [5.41, 5.74) is 2.21. The fraction of sp³-hybridized carbons (Fsp3) is 0.500. The molecule has 0 radical (unpaired) electrons. The molecule has 0 N–H and O–H groups in total. The van der Waals surface area contributed by atoms with E-state index in [1.807, 2.05) is 12.1 Å². The van der Waals surface area contributed by atoms with Crippen molar-refractivity contribution in [2.75, 3.05) is 13.2 Å². The summed E-state index contributed by atoms with van der Waals surface area (Å²) in [5, 5.41) is 4.08. The van der Waals surface area contributed by atoms with Gasteiger partial charge in [-0.05, 0) is 20.8 Å². The summed E-state index contributed by atoms with van der Waals surface area (Å²) in [4.78, 5) is 6.82. The van der Waals surface area contributed by atoms with Gasteiger partial charge in [0.2, 0.25) is 11.7 Å². The third kappa shape index (κ3) is 3.31. The van der Waals surface area contributed by atoms with Crippen molar-refractivity contribution in [3.63, 3.8) is 0 Å². The Bertz CT molecular complexity index is 594. The molecule has 21 heavy (non-hydrogen) atoms. The zero-order valence-electron chi connectivity index (χ0n) is 12.7. The molecule has 2 unspecified atom stereocenters. The first kappa shape index (κ1) is 14.2. The standard InChI is InChI=1S/C16H21N3O2/c1-11-4-6-14(7-5-11)16-17-15(21-18-16)9-19-8-13(3)20-10-12(19)2/h4-7,12-13H,8-10H2,1-3H3. The van der Waals surface area contributed by atoms with Crippen LogP contribution in [0.3, 0.4) is 0 Å². The Hall–Kier alpha value is -1.72. The zero-order chi connectivity index (χ0) is 14.8. The van der Waals surface area contributed by atoms with E-state index in [0.717, 1.165) is 18.7 Å². The Balaban J connectivity index is 1.71. The van der Waals surface area contributed by atoms with E-state index >= 15 is 0 Å². The maximum atomic E-state index is 5.64. The first-order valence-corrected chi connectivity index (χ1v) is 7.37. The third-order valence-electron chi connectivity index (χ3n) is 3.85. The molecular formula is C16H21N3O2. The Labute approximate surface area is 124 Å². The minimum Gasteiger partial charge on any atom is -0.376 e. The molecule has 2 atom stereocenters. The minimum absolute atomic E-state index is 0.251. The van der Waals surface area contributed by atoms with E-state index in [-0.39, 0.29) is 6.10 Å². The molecular weight excluding hydrogens is 266 g/mol. The van der Waals surface area contributed by atoms with Crippen LogP contribution in [0.25, 0.3) is 11.4 Å². The number of hydrogen-bond acceptors (Lipinski definition) is 5. The first-order chi connectivity index (χ1) is 10.1. The predicted molar refractivity (Wildman–Crippen MR) is 79.8 cm³/mol. The summed E-state index contributed by atoms with van der Waals surface area (Å²) in [6.45, 7) is 8.62. The lowest BCUT2D eigenvalue weighted by atomic mass is 10.1. The number of aromatic nitrogens is 2. The van der Waals surface area contributed by atoms with E-state index in [2.05, 4.69) is 47.9 Å². The number of hydrogen-bond donors (Lipinski definition) is 0. The van der Waals surface area contributed by atoms with Crippen LogP contribution < -0.4 is 0 Å². The molecule has 0 saturated carbocycles. The molecule has 0 amide bonds. The lowest BCUT2D eigenvalue weighted by Crippen LogP contribution is -2.46. The van der Waals surface area contributed by atoms with Crippen LogP contribution in [-0.2, 0) is 11.3 Å². The molecule has 0 bridgehead atoms. The molecule has 0 spiro atoms. The van der Waals surface area contributed by atoms with Crippen LogP contribution in [0, 0.1) is 6.92 Å². The molecule has 5 nitrogen and oxygen atoms in total. The van der Waals surface area contributed by atoms with E-state index in [9.17, 15) is 0 Å². The van der Waals surface area contributed by atoms with Crippen molar-refractivity contribution in [1.82, 2.24) is 15.0 Å². The van der Waals surface area contributed by atoms with Crippen molar-refractivity contribution in [2.24, 2.45) is 0 Å². The summed E-state index contributed by atoms with van der Waals surface area (Å²) in [7, 11) is 0. The summed E-state index contributed by atoms with van der Waals surface area (Å²) in [6, 6.07) is 8.51. The maximum Gasteiger partial charge on any atom is 0.241 e. The average molecular weight is 287 g/mol. The van der Waals surface area contributed by atoms with Gasteiger partial charge in [0, 0.05) is 18.2 Å². The van der Waals surface area contributed by atoms with Crippen LogP contribution in [0.2, 0.25) is 0 Å². The highest BCUT2D eigenvalue weighted by Gasteiger charge is 2.25. The van der Waals surface area contributed by atoms with Crippen LogP contribution in [0.15, 0.2) is 28.8 Å². The van der Waals surface area contributed by atoms with Gasteiger partial charge in [-0.1, -0.05) is 35.0 Å². The molecule has 5 heteroatoms. The molecule has 3 rings (SSSR count). The highest BCUT2D eigenvalue weighted by atomic mass is 16.5. The Kier molecular flexibility index (Phi) is 4.03. The first-order valence-electron chi connectivity index (χ1n) is 7.37. The number of aryl methyl sites for hydroxylation is 1. The molecule has 2 heterocycles. The molecule has 0 aliphatic carbocycles. The number of benzene rings is 1. The van der Waals surface area contributed by atoms with Gasteiger partial charge in [0.05, 0.1) is 19.3 Å². The Morgan fingerprint density at radius 2 is 2.00 bits per heavy atom. The van der Waals surface area contributed by atoms with Crippen molar-refractivity contribution in [1.29, 1.82) is 0 Å². The summed E-state index contributed by atoms with van der Waals surface area (Å²) >= 11 is 0. The molecule has 1 aliphatic heterocycles. The van der Waals surface area contributed by atoms with Crippen LogP contribution in [0.1, 0.15) is 25.3 Å². The number of morpholine rings is 1. The number of ether oxygens (including phenoxy) is 1. The lowest BCUT2D eigenvalue weighted by molar-refractivity contribution is -0.0555. The van der Waals surface area contributed by atoms with Crippen molar-refractivity contribution < 1.29 is 9.26 Å². The van der Waals surface area contributed by atoms with Crippen LogP contribution >= 0.6 is 0 Å². The lowest BCUT2D eigenvalue weighted by Gasteiger charge is -2.35. The van der Waals surface area contributed by atoms with Crippen LogP contribution in [-0.4, -0.2) is 40.3 Å². The highest BCUT2D eigenvalue weighted by Crippen LogP contribution is 2.19. The number of rotatable bonds is 3. The smallest absolute Gasteiger partial charge is 0.241 e. The summed E-state index contributed by atoms with van der Waals surface area (Å²) < 4.78 is 11.0. The average Bonchev–Trinajstić information content (AvgIpc) is 2.92. The summed E-state index contributed by atoms with van der Waals surface area (Å²) in [6.07, 6.45) is 0.251. The molecule has 1 aliphatic rings. The van der Waals surface area contributed by atoms with Gasteiger partial charge in [-0.3, -0.25) is 4.90 Å². The van der Waals surface area contributed by atoms with Gasteiger partial charge < -0.3 is 9.26 Å². The van der Waals surface area contributed by atoms with Gasteiger partial charge in [0.25, 0.3) is 0 Å². The predicted octanol–water partition coefficient (Wildman–Crippen LogP) is 2.65. The second-order valence-electron chi connectivity index (χ2n) is 5.80. The topological polar surface area (TPSA) is 51.4 Å². The normalized spacial score (nSPS) is 23.4. The van der Waals surface area contributed by atoms with Gasteiger partial charge >= 0.3 is 0 Å². The zero-order valence-corrected chi connectivity index (χ0v) is 12.7. The van der Waals surface area contributed by atoms with Gasteiger partial charge in [-0.15, -0.1) is 0 Å². The monoisotopic (exact) mass is 287 g/mol. The van der Waals surface area contributed by atoms with Gasteiger partial charge in [0.15, 0.2) is 0 Å². The van der Waals surface area contributed by atoms with Crippen molar-refractivity contribution in [3.05, 3.63) is 35.7 Å². The Morgan fingerprint density at radius 1 is 1.24 bits per heavy atom. The van der Waals surface area contributed by atoms with E-state index in [1.165, 1.54) is 5.56 Å². The van der Waals surface area contributed by atoms with Crippen LogP contribution in [0.5, 0.6) is 0 Å². The third-order valence-corrected chi connectivity index (χ3v) is 3.85. The molecule has 2 aromatic rings. The second-order valence-corrected chi connectivity index (χ2v) is 5.80. The second kappa shape index (κ2) is 5.95. The van der Waals surface area contributed by atoms with Gasteiger partial charge in [-0.2, -0.15) is 4.98 Å². The van der Waals surface area contributed by atoms with Gasteiger partial charge in [-0.25, -0.2) is 0 Å². The Morgan fingerprint density at radius 3 is 2.76 bits per heavy atom. The van der Waals surface area contributed by atoms with E-state index in [1.54, 1.807) is 0 Å². The van der Waals surface area contributed by atoms with Crippen molar-refractivity contribution in [2.45, 2.75) is 39.5 Å². The molecule has 112 valence electrons. The SMILES string of the molecule is Cc1ccc(-c2noc(CN3CC(C)OCC3C)n2)cc1. The van der Waals surface area contributed by atoms with E-state index < -0.39 is 0 Å². The van der Waals surface area contributed by atoms with Crippen LogP contribution in [0.4, 0.5) is 0 Å². The van der Waals surface area contributed by atoms with Gasteiger partial charge in [0.1, 0.15) is 0 Å². The highest BCUT2D eigenvalue weighted by molar-refractivity contribution is 5.54. The minimum atomic E-state index is 0.251. The molecule has 1 fully saturated rings. The quantitative estimate of drug-likeness (QED) is 0.868. The largest absolute Gasteiger partial charge is 0.376 e. The summed E-state index contributed by atoms with van der Waals surface area (Å²) in [5.74, 6) is 1.31. The maximum absolute atomic E-state index is 5.64.